The molecule has 0 radical (unpaired) electrons. The standard InChI is InChI=1S/C41H27N5/c42-26-27-12-1-2-13-29(27)31-15-4-3-14-30(31)28-24-39(45-36-20-8-5-16-32(36)33-17-6-9-21-37(33)45)44-40(25-28)46-38-22-10-7-18-34(38)35-19-11-23-43-41(35)46/h1-5,7-16,18-25H,6,17H2. The van der Waals surface area contributed by atoms with Gasteiger partial charge < -0.3 is 0 Å². The summed E-state index contributed by atoms with van der Waals surface area (Å²) in [6.45, 7) is 0. The van der Waals surface area contributed by atoms with Gasteiger partial charge in [-0.3, -0.25) is 9.13 Å². The first-order valence-corrected chi connectivity index (χ1v) is 15.5. The van der Waals surface area contributed by atoms with Crippen molar-refractivity contribution in [1.29, 1.82) is 5.26 Å². The molecular formula is C41H27N5. The van der Waals surface area contributed by atoms with E-state index in [1.54, 1.807) is 0 Å². The van der Waals surface area contributed by atoms with Crippen molar-refractivity contribution in [1.82, 2.24) is 19.1 Å². The molecule has 4 aromatic carbocycles. The highest BCUT2D eigenvalue weighted by Gasteiger charge is 2.22. The first kappa shape index (κ1) is 26.2. The fourth-order valence-electron chi connectivity index (χ4n) is 7.13. The third kappa shape index (κ3) is 3.94. The molecule has 0 unspecified atom stereocenters. The Bertz CT molecular complexity index is 2500. The van der Waals surface area contributed by atoms with Gasteiger partial charge in [-0.15, -0.1) is 0 Å². The fraction of sp³-hybridized carbons (Fsp3) is 0.0488. The Balaban J connectivity index is 1.40. The fourth-order valence-corrected chi connectivity index (χ4v) is 7.13. The Morgan fingerprint density at radius 1 is 0.630 bits per heavy atom. The highest BCUT2D eigenvalue weighted by Crippen LogP contribution is 2.39. The van der Waals surface area contributed by atoms with Gasteiger partial charge in [0, 0.05) is 27.9 Å². The summed E-state index contributed by atoms with van der Waals surface area (Å²) < 4.78 is 4.48. The van der Waals surface area contributed by atoms with Crippen molar-refractivity contribution in [3.8, 4) is 40.0 Å². The predicted molar refractivity (Wildman–Crippen MR) is 186 cm³/mol. The van der Waals surface area contributed by atoms with Gasteiger partial charge in [0.25, 0.3) is 0 Å². The number of aryl methyl sites for hydroxylation is 1. The third-order valence-electron chi connectivity index (χ3n) is 9.12. The minimum atomic E-state index is 0.645. The van der Waals surface area contributed by atoms with Gasteiger partial charge >= 0.3 is 0 Å². The lowest BCUT2D eigenvalue weighted by Gasteiger charge is -2.17. The number of nitrogens with zero attached hydrogens (tertiary/aromatic N) is 5. The quantitative estimate of drug-likeness (QED) is 0.205. The maximum atomic E-state index is 10.0. The molecule has 4 aromatic heterocycles. The first-order chi connectivity index (χ1) is 22.8. The van der Waals surface area contributed by atoms with Crippen LogP contribution in [0.3, 0.4) is 0 Å². The van der Waals surface area contributed by atoms with Crippen molar-refractivity contribution in [2.45, 2.75) is 12.8 Å². The predicted octanol–water partition coefficient (Wildman–Crippen LogP) is 9.68. The number of fused-ring (bicyclic) bond motifs is 6. The molecule has 1 aliphatic carbocycles. The van der Waals surface area contributed by atoms with Gasteiger partial charge in [-0.25, -0.2) is 9.97 Å². The number of hydrogen-bond donors (Lipinski definition) is 0. The van der Waals surface area contributed by atoms with Crippen LogP contribution in [0.15, 0.2) is 134 Å². The number of para-hydroxylation sites is 2. The summed E-state index contributed by atoms with van der Waals surface area (Å²) in [5.41, 5.74) is 10.2. The molecule has 5 heteroatoms. The number of benzene rings is 4. The minimum absolute atomic E-state index is 0.645. The van der Waals surface area contributed by atoms with Crippen LogP contribution in [0, 0.1) is 11.3 Å². The van der Waals surface area contributed by atoms with Crippen LogP contribution in [0.25, 0.3) is 72.8 Å². The number of allylic oxidation sites excluding steroid dienone is 1. The first-order valence-electron chi connectivity index (χ1n) is 15.5. The van der Waals surface area contributed by atoms with Gasteiger partial charge in [-0.1, -0.05) is 84.9 Å². The zero-order chi connectivity index (χ0) is 30.6. The van der Waals surface area contributed by atoms with Crippen molar-refractivity contribution < 1.29 is 0 Å². The Hall–Kier alpha value is -6.25. The van der Waals surface area contributed by atoms with Gasteiger partial charge in [-0.05, 0) is 83.6 Å². The van der Waals surface area contributed by atoms with Crippen LogP contribution in [0.5, 0.6) is 0 Å². The SMILES string of the molecule is N#Cc1ccccc1-c1ccccc1-c1cc(-n2c3c(c4ccccc42)CCC=C3)nc(-n2c3ccccc3c3cccnc32)c1. The molecule has 46 heavy (non-hydrogen) atoms. The van der Waals surface area contributed by atoms with Gasteiger partial charge in [0.15, 0.2) is 0 Å². The van der Waals surface area contributed by atoms with Crippen LogP contribution in [0.1, 0.15) is 23.2 Å². The van der Waals surface area contributed by atoms with E-state index in [1.165, 1.54) is 16.6 Å². The molecule has 4 heterocycles. The van der Waals surface area contributed by atoms with E-state index in [1.807, 2.05) is 42.6 Å². The summed E-state index contributed by atoms with van der Waals surface area (Å²) in [4.78, 5) is 10.3. The number of nitriles is 1. The van der Waals surface area contributed by atoms with E-state index < -0.39 is 0 Å². The zero-order valence-electron chi connectivity index (χ0n) is 24.9. The molecule has 0 amide bonds. The van der Waals surface area contributed by atoms with Gasteiger partial charge in [0.05, 0.1) is 28.4 Å². The third-order valence-corrected chi connectivity index (χ3v) is 9.12. The van der Waals surface area contributed by atoms with Gasteiger partial charge in [0.2, 0.25) is 0 Å². The molecule has 8 aromatic rings. The topological polar surface area (TPSA) is 59.4 Å². The van der Waals surface area contributed by atoms with E-state index >= 15 is 0 Å². The Labute approximate surface area is 266 Å². The Kier molecular flexibility index (Phi) is 5.94. The van der Waals surface area contributed by atoms with Crippen molar-refractivity contribution in [2.75, 3.05) is 0 Å². The maximum absolute atomic E-state index is 10.0. The second kappa shape index (κ2) is 10.4. The van der Waals surface area contributed by atoms with E-state index in [-0.39, 0.29) is 0 Å². The summed E-state index contributed by atoms with van der Waals surface area (Å²) in [5.74, 6) is 1.62. The maximum Gasteiger partial charge on any atom is 0.146 e. The zero-order valence-corrected chi connectivity index (χ0v) is 24.9. The number of aromatic nitrogens is 4. The molecule has 0 N–H and O–H groups in total. The van der Waals surface area contributed by atoms with Crippen molar-refractivity contribution in [2.24, 2.45) is 0 Å². The Morgan fingerprint density at radius 2 is 1.28 bits per heavy atom. The highest BCUT2D eigenvalue weighted by molar-refractivity contribution is 6.07. The van der Waals surface area contributed by atoms with E-state index in [4.69, 9.17) is 9.97 Å². The lowest BCUT2D eigenvalue weighted by molar-refractivity contribution is 0.940. The number of rotatable bonds is 4. The minimum Gasteiger partial charge on any atom is -0.294 e. The average molecular weight is 590 g/mol. The van der Waals surface area contributed by atoms with E-state index in [0.29, 0.717) is 5.56 Å². The molecule has 0 atom stereocenters. The van der Waals surface area contributed by atoms with Crippen LogP contribution in [0.4, 0.5) is 0 Å². The second-order valence-electron chi connectivity index (χ2n) is 11.7. The Morgan fingerprint density at radius 3 is 2.11 bits per heavy atom. The molecule has 0 saturated carbocycles. The van der Waals surface area contributed by atoms with Gasteiger partial charge in [-0.2, -0.15) is 5.26 Å². The molecular weight excluding hydrogens is 562 g/mol. The van der Waals surface area contributed by atoms with Crippen molar-refractivity contribution in [3.63, 3.8) is 0 Å². The van der Waals surface area contributed by atoms with Crippen molar-refractivity contribution in [3.05, 3.63) is 150 Å². The van der Waals surface area contributed by atoms with Crippen LogP contribution in [0.2, 0.25) is 0 Å². The summed E-state index contributed by atoms with van der Waals surface area (Å²) >= 11 is 0. The number of pyridine rings is 2. The lowest BCUT2D eigenvalue weighted by Crippen LogP contribution is -2.07. The molecule has 0 aliphatic heterocycles. The van der Waals surface area contributed by atoms with E-state index in [0.717, 1.165) is 74.2 Å². The molecule has 5 nitrogen and oxygen atoms in total. The summed E-state index contributed by atoms with van der Waals surface area (Å²) in [7, 11) is 0. The molecule has 0 bridgehead atoms. The number of hydrogen-bond acceptors (Lipinski definition) is 3. The smallest absolute Gasteiger partial charge is 0.146 e. The summed E-state index contributed by atoms with van der Waals surface area (Å²) in [5, 5.41) is 13.5. The van der Waals surface area contributed by atoms with Crippen LogP contribution < -0.4 is 0 Å². The molecule has 1 aliphatic rings. The van der Waals surface area contributed by atoms with Crippen LogP contribution in [-0.4, -0.2) is 19.1 Å². The van der Waals surface area contributed by atoms with Gasteiger partial charge in [0.1, 0.15) is 17.3 Å². The average Bonchev–Trinajstić information content (AvgIpc) is 3.65. The molecule has 0 saturated heterocycles. The molecule has 9 rings (SSSR count). The normalized spacial score (nSPS) is 12.5. The van der Waals surface area contributed by atoms with E-state index in [2.05, 4.69) is 112 Å². The molecule has 216 valence electrons. The second-order valence-corrected chi connectivity index (χ2v) is 11.7. The summed E-state index contributed by atoms with van der Waals surface area (Å²) in [6, 6.07) is 44.1. The molecule has 0 spiro atoms. The van der Waals surface area contributed by atoms with Crippen molar-refractivity contribution >= 4 is 38.9 Å². The highest BCUT2D eigenvalue weighted by atomic mass is 15.2. The largest absolute Gasteiger partial charge is 0.294 e. The van der Waals surface area contributed by atoms with Crippen LogP contribution >= 0.6 is 0 Å². The summed E-state index contributed by atoms with van der Waals surface area (Å²) in [6.07, 6.45) is 8.37. The van der Waals surface area contributed by atoms with Crippen LogP contribution in [-0.2, 0) is 6.42 Å². The monoisotopic (exact) mass is 589 g/mol. The lowest BCUT2D eigenvalue weighted by atomic mass is 9.92. The van der Waals surface area contributed by atoms with E-state index in [9.17, 15) is 5.26 Å². The molecule has 0 fully saturated rings.